The lowest BCUT2D eigenvalue weighted by Crippen LogP contribution is -2.29. The number of nitrogens with one attached hydrogen (secondary N) is 2. The van der Waals surface area contributed by atoms with E-state index < -0.39 is 88.6 Å². The van der Waals surface area contributed by atoms with Gasteiger partial charge in [0.25, 0.3) is 40.5 Å². The van der Waals surface area contributed by atoms with E-state index in [9.17, 15) is 56.9 Å². The van der Waals surface area contributed by atoms with Gasteiger partial charge in [0.2, 0.25) is 11.7 Å². The lowest BCUT2D eigenvalue weighted by Gasteiger charge is -2.21. The van der Waals surface area contributed by atoms with E-state index in [1.165, 1.54) is 30.3 Å². The van der Waals surface area contributed by atoms with Crippen LogP contribution < -0.4 is 10.7 Å². The largest absolute Gasteiger partial charge is 0.326 e. The SMILES string of the molecule is CC(=O)Nc1ccc(S(=O)(=O)O)c2c1C(=O)C(=NNc1ccc(N=Nc3ccc(S(=O)(=O)O)cc3)c3ccc(S(=O)(=O)O)cc13)C(S(=O)(=O)O)=C2. The van der Waals surface area contributed by atoms with Gasteiger partial charge in [-0.1, -0.05) is 6.07 Å². The molecule has 4 aromatic rings. The van der Waals surface area contributed by atoms with Crippen LogP contribution in [0.1, 0.15) is 22.8 Å². The van der Waals surface area contributed by atoms with Gasteiger partial charge < -0.3 is 5.32 Å². The van der Waals surface area contributed by atoms with Crippen molar-refractivity contribution in [2.75, 3.05) is 10.7 Å². The second-order valence-electron chi connectivity index (χ2n) is 10.4. The van der Waals surface area contributed by atoms with Gasteiger partial charge in [0.15, 0.2) is 5.71 Å². The Bertz CT molecular complexity index is 2730. The van der Waals surface area contributed by atoms with Crippen LogP contribution in [0.5, 0.6) is 0 Å². The lowest BCUT2D eigenvalue weighted by atomic mass is 9.92. The molecular weight excluding hydrogens is 759 g/mol. The van der Waals surface area contributed by atoms with Crippen LogP contribution in [0.25, 0.3) is 16.8 Å². The van der Waals surface area contributed by atoms with Crippen LogP contribution in [-0.2, 0) is 45.3 Å². The zero-order chi connectivity index (χ0) is 37.7. The molecule has 266 valence electrons. The summed E-state index contributed by atoms with van der Waals surface area (Å²) in [5.74, 6) is -2.06. The van der Waals surface area contributed by atoms with Crippen LogP contribution in [0.4, 0.5) is 22.7 Å². The summed E-state index contributed by atoms with van der Waals surface area (Å²) in [4.78, 5) is 22.4. The van der Waals surface area contributed by atoms with E-state index in [-0.39, 0.29) is 33.5 Å². The summed E-state index contributed by atoms with van der Waals surface area (Å²) in [7, 11) is -19.7. The Morgan fingerprint density at radius 2 is 1.27 bits per heavy atom. The van der Waals surface area contributed by atoms with E-state index in [0.717, 1.165) is 43.3 Å². The molecule has 0 fully saturated rings. The molecule has 0 radical (unpaired) electrons. The number of benzene rings is 4. The van der Waals surface area contributed by atoms with E-state index in [4.69, 9.17) is 4.55 Å². The molecule has 0 unspecified atom stereocenters. The number of nitrogens with zero attached hydrogens (tertiary/aromatic N) is 3. The van der Waals surface area contributed by atoms with Crippen molar-refractivity contribution in [1.29, 1.82) is 0 Å². The van der Waals surface area contributed by atoms with E-state index in [2.05, 4.69) is 26.1 Å². The van der Waals surface area contributed by atoms with Crippen LogP contribution >= 0.6 is 0 Å². The number of amides is 1. The molecule has 0 bridgehead atoms. The Labute approximate surface area is 288 Å². The smallest absolute Gasteiger partial charge is 0.296 e. The summed E-state index contributed by atoms with van der Waals surface area (Å²) in [6.45, 7) is 1.06. The van der Waals surface area contributed by atoms with Gasteiger partial charge in [-0.05, 0) is 66.7 Å². The first-order valence-electron chi connectivity index (χ1n) is 13.6. The van der Waals surface area contributed by atoms with Gasteiger partial charge in [-0.2, -0.15) is 43.9 Å². The first-order valence-corrected chi connectivity index (χ1v) is 19.4. The molecule has 0 spiro atoms. The number of fused-ring (bicyclic) bond motifs is 2. The Kier molecular flexibility index (Phi) is 9.52. The Hall–Kier alpha value is -5.27. The maximum absolute atomic E-state index is 13.8. The summed E-state index contributed by atoms with van der Waals surface area (Å²) in [6.07, 6.45) is 0.543. The number of anilines is 2. The number of carbonyl (C=O) groups excluding carboxylic acids is 2. The van der Waals surface area contributed by atoms with Gasteiger partial charge in [-0.3, -0.25) is 33.2 Å². The van der Waals surface area contributed by atoms with Gasteiger partial charge >= 0.3 is 0 Å². The zero-order valence-corrected chi connectivity index (χ0v) is 28.5. The summed E-state index contributed by atoms with van der Waals surface area (Å²) in [5, 5.41) is 14.3. The normalized spacial score (nSPS) is 14.8. The van der Waals surface area contributed by atoms with Crippen LogP contribution in [0.2, 0.25) is 0 Å². The molecule has 1 amide bonds. The van der Waals surface area contributed by atoms with Crippen molar-refractivity contribution in [2.24, 2.45) is 15.3 Å². The second kappa shape index (κ2) is 13.1. The van der Waals surface area contributed by atoms with Gasteiger partial charge in [0.1, 0.15) is 9.80 Å². The highest BCUT2D eigenvalue weighted by Gasteiger charge is 2.37. The fraction of sp³-hybridized carbons (Fsp3) is 0.0357. The monoisotopic (exact) mass is 779 g/mol. The Balaban J connectivity index is 1.66. The molecule has 1 aliphatic rings. The third kappa shape index (κ3) is 7.89. The van der Waals surface area contributed by atoms with Crippen LogP contribution in [0, 0.1) is 0 Å². The number of ketones is 1. The molecule has 0 aliphatic heterocycles. The highest BCUT2D eigenvalue weighted by Crippen LogP contribution is 2.37. The number of hydrogen-bond acceptors (Lipinski definition) is 14. The molecule has 4 aromatic carbocycles. The molecule has 0 atom stereocenters. The van der Waals surface area contributed by atoms with E-state index in [1.54, 1.807) is 0 Å². The van der Waals surface area contributed by atoms with E-state index in [1.807, 2.05) is 0 Å². The molecule has 1 aliphatic carbocycles. The third-order valence-electron chi connectivity index (χ3n) is 6.98. The van der Waals surface area contributed by atoms with Crippen molar-refractivity contribution in [3.63, 3.8) is 0 Å². The number of rotatable bonds is 9. The van der Waals surface area contributed by atoms with Crippen LogP contribution in [-0.4, -0.2) is 69.3 Å². The van der Waals surface area contributed by atoms with Gasteiger partial charge in [0, 0.05) is 23.3 Å². The molecule has 0 aromatic heterocycles. The number of carbonyl (C=O) groups is 2. The minimum absolute atomic E-state index is 0.0544. The maximum Gasteiger partial charge on any atom is 0.296 e. The number of hydrazone groups is 1. The number of allylic oxidation sites excluding steroid dienone is 1. The molecule has 0 saturated heterocycles. The number of Topliss-reactive ketones (excluding diaryl/α,β-unsaturated/α-hetero) is 1. The van der Waals surface area contributed by atoms with Crippen molar-refractivity contribution in [1.82, 2.24) is 0 Å². The first kappa shape index (κ1) is 37.0. The molecule has 51 heavy (non-hydrogen) atoms. The van der Waals surface area contributed by atoms with Crippen molar-refractivity contribution < 1.29 is 61.5 Å². The van der Waals surface area contributed by atoms with E-state index in [0.29, 0.717) is 6.08 Å². The van der Waals surface area contributed by atoms with Crippen molar-refractivity contribution in [3.05, 3.63) is 82.8 Å². The lowest BCUT2D eigenvalue weighted by molar-refractivity contribution is -0.114. The predicted molar refractivity (Wildman–Crippen MR) is 180 cm³/mol. The molecule has 5 rings (SSSR count). The van der Waals surface area contributed by atoms with Crippen molar-refractivity contribution in [3.8, 4) is 0 Å². The Morgan fingerprint density at radius 1 is 0.667 bits per heavy atom. The predicted octanol–water partition coefficient (Wildman–Crippen LogP) is 3.85. The van der Waals surface area contributed by atoms with Gasteiger partial charge in [-0.25, -0.2) is 0 Å². The van der Waals surface area contributed by atoms with Crippen molar-refractivity contribution in [2.45, 2.75) is 21.6 Å². The number of hydrogen-bond donors (Lipinski definition) is 6. The number of azo groups is 1. The van der Waals surface area contributed by atoms with Gasteiger partial charge in [-0.15, -0.1) is 5.11 Å². The minimum atomic E-state index is -5.35. The second-order valence-corrected chi connectivity index (χ2v) is 16.0. The minimum Gasteiger partial charge on any atom is -0.326 e. The summed E-state index contributed by atoms with van der Waals surface area (Å²) < 4.78 is 134. The van der Waals surface area contributed by atoms with Crippen LogP contribution in [0.3, 0.4) is 0 Å². The molecular formula is C28H21N5O14S4. The standard InChI is InChI=1S/C28H21N5O14S4/c1-14(34)29-23-10-11-24(50(42,43)44)20-13-25(51(45,46)47)27(28(35)26(20)23)33-32-22-9-8-21(18-7-6-17(12-19(18)22)49(39,40)41)31-30-15-2-4-16(5-3-15)48(36,37)38/h2-13,32H,1H3,(H,29,34)(H,36,37,38)(H,39,40,41)(H,42,43,44)(H,45,46,47). The highest BCUT2D eigenvalue weighted by atomic mass is 32.2. The van der Waals surface area contributed by atoms with E-state index >= 15 is 0 Å². The molecule has 6 N–H and O–H groups in total. The van der Waals surface area contributed by atoms with Crippen LogP contribution in [0.15, 0.2) is 102 Å². The fourth-order valence-electron chi connectivity index (χ4n) is 4.81. The quantitative estimate of drug-likeness (QED) is 0.0798. The van der Waals surface area contributed by atoms with Crippen molar-refractivity contribution >= 4 is 97.5 Å². The molecule has 0 heterocycles. The molecule has 19 nitrogen and oxygen atoms in total. The Morgan fingerprint density at radius 3 is 1.84 bits per heavy atom. The zero-order valence-electron chi connectivity index (χ0n) is 25.3. The molecule has 23 heteroatoms. The summed E-state index contributed by atoms with van der Waals surface area (Å²) in [6, 6.07) is 12.1. The average Bonchev–Trinajstić information content (AvgIpc) is 3.01. The highest BCUT2D eigenvalue weighted by molar-refractivity contribution is 7.91. The fourth-order valence-corrected chi connectivity index (χ4v) is 7.12. The summed E-state index contributed by atoms with van der Waals surface area (Å²) >= 11 is 0. The first-order chi connectivity index (χ1) is 23.6. The summed E-state index contributed by atoms with van der Waals surface area (Å²) in [5.41, 5.74) is -0.180. The molecule has 0 saturated carbocycles. The van der Waals surface area contributed by atoms with Gasteiger partial charge in [0.05, 0.1) is 38.1 Å². The average molecular weight is 780 g/mol. The third-order valence-corrected chi connectivity index (χ3v) is 10.5. The topological polar surface area (TPSA) is 313 Å². The maximum atomic E-state index is 13.8.